The van der Waals surface area contributed by atoms with Gasteiger partial charge in [0.15, 0.2) is 16.4 Å². The van der Waals surface area contributed by atoms with Gasteiger partial charge < -0.3 is 15.1 Å². The summed E-state index contributed by atoms with van der Waals surface area (Å²) < 4.78 is 23.1. The Kier molecular flexibility index (Phi) is 5.55. The van der Waals surface area contributed by atoms with Crippen LogP contribution < -0.4 is 15.1 Å². The molecule has 0 saturated carbocycles. The predicted octanol–water partition coefficient (Wildman–Crippen LogP) is -0.779. The summed E-state index contributed by atoms with van der Waals surface area (Å²) in [6.07, 6.45) is 0. The van der Waals surface area contributed by atoms with Gasteiger partial charge >= 0.3 is 0 Å². The highest BCUT2D eigenvalue weighted by Crippen LogP contribution is 2.19. The largest absolute Gasteiger partial charge is 0.360 e. The minimum atomic E-state index is -3.13. The molecule has 2 aliphatic rings. The minimum Gasteiger partial charge on any atom is -0.360 e. The Labute approximate surface area is 154 Å². The van der Waals surface area contributed by atoms with Gasteiger partial charge in [-0.15, -0.1) is 11.6 Å². The molecule has 0 bridgehead atoms. The molecule has 0 radical (unpaired) electrons. The molecule has 2 N–H and O–H groups in total. The summed E-state index contributed by atoms with van der Waals surface area (Å²) in [6, 6.07) is 7.87. The van der Waals surface area contributed by atoms with Crippen LogP contribution >= 0.6 is 11.6 Å². The summed E-state index contributed by atoms with van der Waals surface area (Å²) in [5.41, 5.74) is 2.52. The lowest BCUT2D eigenvalue weighted by molar-refractivity contribution is -0.892. The van der Waals surface area contributed by atoms with E-state index in [9.17, 15) is 13.2 Å². The molecule has 8 heteroatoms. The Balaban J connectivity index is 1.48. The maximum absolute atomic E-state index is 12.2. The molecule has 1 aromatic carbocycles. The number of piperazine rings is 1. The summed E-state index contributed by atoms with van der Waals surface area (Å²) >= 11 is 6.04. The molecular formula is C17H25ClN3O3S+. The molecule has 0 aliphatic carbocycles. The van der Waals surface area contributed by atoms with Crippen LogP contribution in [0.15, 0.2) is 24.3 Å². The number of carbonyl (C=O) groups is 1. The number of quaternary nitrogens is 1. The van der Waals surface area contributed by atoms with Crippen molar-refractivity contribution in [3.8, 4) is 0 Å². The lowest BCUT2D eigenvalue weighted by Crippen LogP contribution is -3.16. The van der Waals surface area contributed by atoms with Gasteiger partial charge in [0.05, 0.1) is 49.1 Å². The number of alkyl halides is 1. The zero-order valence-corrected chi connectivity index (χ0v) is 15.9. The summed E-state index contributed by atoms with van der Waals surface area (Å²) in [5, 5.41) is 2.27. The van der Waals surface area contributed by atoms with Crippen molar-refractivity contribution < 1.29 is 18.1 Å². The number of benzene rings is 1. The van der Waals surface area contributed by atoms with Crippen molar-refractivity contribution in [1.82, 2.24) is 5.32 Å². The van der Waals surface area contributed by atoms with Crippen molar-refractivity contribution in [1.29, 1.82) is 0 Å². The van der Waals surface area contributed by atoms with Gasteiger partial charge in [-0.2, -0.15) is 0 Å². The summed E-state index contributed by atoms with van der Waals surface area (Å²) in [4.78, 5) is 15.8. The molecule has 138 valence electrons. The third kappa shape index (κ3) is 4.65. The van der Waals surface area contributed by atoms with E-state index in [0.29, 0.717) is 6.54 Å². The zero-order valence-electron chi connectivity index (χ0n) is 14.4. The standard InChI is InChI=1S/C17H24ClN3O3S/c1-13-4-2-3-5-16(13)21-8-6-20(7-9-21)10-17(22)19-15-12-25(23,24)11-14(15)18/h2-5,14-15H,6-12H2,1H3,(H,19,22)/p+1/t14-,15+/m1/s1. The quantitative estimate of drug-likeness (QED) is 0.666. The Morgan fingerprint density at radius 1 is 1.28 bits per heavy atom. The van der Waals surface area contributed by atoms with Crippen LogP contribution in [0.25, 0.3) is 0 Å². The van der Waals surface area contributed by atoms with Crippen molar-refractivity contribution >= 4 is 33.0 Å². The molecule has 25 heavy (non-hydrogen) atoms. The van der Waals surface area contributed by atoms with Crippen molar-refractivity contribution in [3.05, 3.63) is 29.8 Å². The van der Waals surface area contributed by atoms with Gasteiger partial charge in [0.25, 0.3) is 5.91 Å². The number of rotatable bonds is 4. The Morgan fingerprint density at radius 3 is 2.56 bits per heavy atom. The van der Waals surface area contributed by atoms with Crippen molar-refractivity contribution in [2.45, 2.75) is 18.3 Å². The molecule has 1 aromatic rings. The molecule has 2 fully saturated rings. The first kappa shape index (κ1) is 18.5. The van der Waals surface area contributed by atoms with E-state index < -0.39 is 21.3 Å². The molecule has 3 rings (SSSR count). The fourth-order valence-corrected chi connectivity index (χ4v) is 6.13. The molecule has 2 heterocycles. The van der Waals surface area contributed by atoms with Gasteiger partial charge in [-0.3, -0.25) is 4.79 Å². The lowest BCUT2D eigenvalue weighted by Gasteiger charge is -2.34. The topological polar surface area (TPSA) is 70.9 Å². The molecule has 2 saturated heterocycles. The van der Waals surface area contributed by atoms with E-state index >= 15 is 0 Å². The van der Waals surface area contributed by atoms with Crippen molar-refractivity contribution in [2.24, 2.45) is 0 Å². The van der Waals surface area contributed by atoms with Gasteiger partial charge in [0.1, 0.15) is 0 Å². The van der Waals surface area contributed by atoms with E-state index in [-0.39, 0.29) is 17.4 Å². The first-order valence-electron chi connectivity index (χ1n) is 8.62. The average molecular weight is 387 g/mol. The molecule has 0 aromatic heterocycles. The van der Waals surface area contributed by atoms with Crippen LogP contribution in [0.3, 0.4) is 0 Å². The fraction of sp³-hybridized carbons (Fsp3) is 0.588. The third-order valence-corrected chi connectivity index (χ3v) is 7.34. The Morgan fingerprint density at radius 2 is 1.96 bits per heavy atom. The van der Waals surface area contributed by atoms with Crippen LogP contribution in [-0.2, 0) is 14.6 Å². The fourth-order valence-electron chi connectivity index (χ4n) is 3.58. The van der Waals surface area contributed by atoms with Crippen LogP contribution in [0.5, 0.6) is 0 Å². The smallest absolute Gasteiger partial charge is 0.275 e. The second-order valence-electron chi connectivity index (χ2n) is 6.97. The summed E-state index contributed by atoms with van der Waals surface area (Å²) in [6.45, 7) is 6.05. The number of anilines is 1. The van der Waals surface area contributed by atoms with Gasteiger partial charge in [0.2, 0.25) is 0 Å². The summed E-state index contributed by atoms with van der Waals surface area (Å²) in [5.74, 6) is -0.225. The number of nitrogens with one attached hydrogen (secondary N) is 2. The summed E-state index contributed by atoms with van der Waals surface area (Å²) in [7, 11) is -3.13. The maximum Gasteiger partial charge on any atom is 0.275 e. The van der Waals surface area contributed by atoms with Crippen LogP contribution in [0, 0.1) is 6.92 Å². The van der Waals surface area contributed by atoms with Gasteiger partial charge in [-0.05, 0) is 18.6 Å². The molecule has 0 spiro atoms. The van der Waals surface area contributed by atoms with E-state index in [2.05, 4.69) is 29.3 Å². The molecule has 2 aliphatic heterocycles. The number of sulfone groups is 1. The van der Waals surface area contributed by atoms with E-state index in [1.54, 1.807) is 0 Å². The van der Waals surface area contributed by atoms with Gasteiger partial charge in [-0.1, -0.05) is 18.2 Å². The van der Waals surface area contributed by atoms with Crippen LogP contribution in [0.4, 0.5) is 5.69 Å². The molecule has 2 atom stereocenters. The SMILES string of the molecule is Cc1ccccc1N1CC[NH+](CC(=O)N[C@H]2CS(=O)(=O)C[C@H]2Cl)CC1. The Bertz CT molecular complexity index is 732. The number of hydrogen-bond donors (Lipinski definition) is 2. The van der Waals surface area contributed by atoms with Gasteiger partial charge in [0, 0.05) is 5.69 Å². The number of hydrogen-bond acceptors (Lipinski definition) is 4. The second kappa shape index (κ2) is 7.51. The number of halogens is 1. The van der Waals surface area contributed by atoms with Crippen LogP contribution in [0.2, 0.25) is 0 Å². The highest BCUT2D eigenvalue weighted by atomic mass is 35.5. The first-order chi connectivity index (χ1) is 11.8. The number of nitrogens with zero attached hydrogens (tertiary/aromatic N) is 1. The van der Waals surface area contributed by atoms with E-state index in [1.165, 1.54) is 16.2 Å². The normalized spacial score (nSPS) is 26.6. The minimum absolute atomic E-state index is 0.0523. The highest BCUT2D eigenvalue weighted by molar-refractivity contribution is 7.91. The second-order valence-corrected chi connectivity index (χ2v) is 9.68. The molecule has 6 nitrogen and oxygen atoms in total. The molecule has 1 amide bonds. The number of amides is 1. The van der Waals surface area contributed by atoms with E-state index in [0.717, 1.165) is 26.2 Å². The van der Waals surface area contributed by atoms with Crippen LogP contribution in [-0.4, -0.2) is 70.0 Å². The molecule has 0 unspecified atom stereocenters. The highest BCUT2D eigenvalue weighted by Gasteiger charge is 2.37. The van der Waals surface area contributed by atoms with Crippen molar-refractivity contribution in [2.75, 3.05) is 49.1 Å². The maximum atomic E-state index is 12.2. The average Bonchev–Trinajstić information content (AvgIpc) is 2.80. The first-order valence-corrected chi connectivity index (χ1v) is 10.9. The molecular weight excluding hydrogens is 362 g/mol. The Hall–Kier alpha value is -1.31. The third-order valence-electron chi connectivity index (χ3n) is 4.97. The monoisotopic (exact) mass is 386 g/mol. The van der Waals surface area contributed by atoms with Crippen molar-refractivity contribution in [3.63, 3.8) is 0 Å². The lowest BCUT2D eigenvalue weighted by atomic mass is 10.1. The number of para-hydroxylation sites is 1. The number of carbonyl (C=O) groups excluding carboxylic acids is 1. The van der Waals surface area contributed by atoms with Crippen LogP contribution in [0.1, 0.15) is 5.56 Å². The van der Waals surface area contributed by atoms with Gasteiger partial charge in [-0.25, -0.2) is 8.42 Å². The van der Waals surface area contributed by atoms with E-state index in [1.807, 2.05) is 12.1 Å². The zero-order chi connectivity index (χ0) is 18.0. The van der Waals surface area contributed by atoms with E-state index in [4.69, 9.17) is 11.6 Å². The predicted molar refractivity (Wildman–Crippen MR) is 99.2 cm³/mol. The number of aryl methyl sites for hydroxylation is 1.